The van der Waals surface area contributed by atoms with Crippen molar-refractivity contribution in [2.24, 2.45) is 10.7 Å². The summed E-state index contributed by atoms with van der Waals surface area (Å²) in [6.07, 6.45) is 0. The molecule has 2 aromatic rings. The smallest absolute Gasteiger partial charge is 0.284 e. The summed E-state index contributed by atoms with van der Waals surface area (Å²) in [7, 11) is 1.68. The molecule has 1 heterocycles. The number of aliphatic imine (C=N–C) groups is 1. The van der Waals surface area contributed by atoms with Gasteiger partial charge in [0.05, 0.1) is 12.6 Å². The highest BCUT2D eigenvalue weighted by atomic mass is 127. The first-order valence-corrected chi connectivity index (χ1v) is 7.48. The van der Waals surface area contributed by atoms with Crippen LogP contribution in [-0.4, -0.2) is 18.9 Å². The normalized spacial score (nSPS) is 12.2. The van der Waals surface area contributed by atoms with Crippen molar-refractivity contribution in [3.8, 4) is 0 Å². The molecule has 0 saturated carbocycles. The zero-order chi connectivity index (χ0) is 16.8. The van der Waals surface area contributed by atoms with Crippen molar-refractivity contribution in [2.75, 3.05) is 7.05 Å². The van der Waals surface area contributed by atoms with Gasteiger partial charge in [-0.3, -0.25) is 9.79 Å². The zero-order valence-electron chi connectivity index (χ0n) is 13.4. The highest BCUT2D eigenvalue weighted by Gasteiger charge is 2.10. The van der Waals surface area contributed by atoms with Gasteiger partial charge in [-0.25, -0.2) is 0 Å². The van der Waals surface area contributed by atoms with Gasteiger partial charge in [0.25, 0.3) is 5.91 Å². The number of nitrogens with two attached hydrogens (primary N) is 1. The Balaban J connectivity index is 0.00000288. The van der Waals surface area contributed by atoms with Gasteiger partial charge < -0.3 is 20.8 Å². The maximum absolute atomic E-state index is 11.0. The van der Waals surface area contributed by atoms with Gasteiger partial charge in [0, 0.05) is 12.1 Å². The van der Waals surface area contributed by atoms with Crippen LogP contribution in [0.3, 0.4) is 0 Å². The average Bonchev–Trinajstić information content (AvgIpc) is 3.00. The van der Waals surface area contributed by atoms with Crippen LogP contribution in [0.1, 0.15) is 34.8 Å². The number of hydrogen-bond donors (Lipinski definition) is 3. The third-order valence-corrected chi connectivity index (χ3v) is 3.50. The van der Waals surface area contributed by atoms with Gasteiger partial charge in [0.15, 0.2) is 11.7 Å². The minimum absolute atomic E-state index is 0. The molecule has 1 amide bonds. The molecule has 0 aliphatic carbocycles. The molecule has 0 saturated heterocycles. The van der Waals surface area contributed by atoms with E-state index in [0.717, 1.165) is 5.56 Å². The van der Waals surface area contributed by atoms with E-state index >= 15 is 0 Å². The lowest BCUT2D eigenvalue weighted by molar-refractivity contribution is 0.0972. The number of nitrogens with zero attached hydrogens (tertiary/aromatic N) is 1. The SMILES string of the molecule is CN=C(NCc1ccc(C(N)=O)o1)NC(C)c1cccc(Cl)c1.I. The van der Waals surface area contributed by atoms with Crippen molar-refractivity contribution in [3.63, 3.8) is 0 Å². The van der Waals surface area contributed by atoms with Gasteiger partial charge in [-0.2, -0.15) is 0 Å². The van der Waals surface area contributed by atoms with Crippen LogP contribution < -0.4 is 16.4 Å². The first-order chi connectivity index (χ1) is 11.0. The van der Waals surface area contributed by atoms with Crippen molar-refractivity contribution in [1.29, 1.82) is 0 Å². The molecule has 0 bridgehead atoms. The average molecular weight is 463 g/mol. The minimum Gasteiger partial charge on any atom is -0.454 e. The van der Waals surface area contributed by atoms with Crippen molar-refractivity contribution in [3.05, 3.63) is 58.5 Å². The van der Waals surface area contributed by atoms with Crippen LogP contribution in [0.5, 0.6) is 0 Å². The molecule has 130 valence electrons. The lowest BCUT2D eigenvalue weighted by atomic mass is 10.1. The second-order valence-corrected chi connectivity index (χ2v) is 5.41. The summed E-state index contributed by atoms with van der Waals surface area (Å²) < 4.78 is 5.31. The van der Waals surface area contributed by atoms with Crippen LogP contribution in [0.25, 0.3) is 0 Å². The summed E-state index contributed by atoms with van der Waals surface area (Å²) in [5.41, 5.74) is 6.20. The largest absolute Gasteiger partial charge is 0.454 e. The van der Waals surface area contributed by atoms with Gasteiger partial charge in [-0.1, -0.05) is 23.7 Å². The van der Waals surface area contributed by atoms with E-state index in [4.69, 9.17) is 21.8 Å². The zero-order valence-corrected chi connectivity index (χ0v) is 16.5. The molecule has 4 N–H and O–H groups in total. The van der Waals surface area contributed by atoms with Crippen molar-refractivity contribution < 1.29 is 9.21 Å². The van der Waals surface area contributed by atoms with Crippen LogP contribution >= 0.6 is 35.6 Å². The molecule has 6 nitrogen and oxygen atoms in total. The number of guanidine groups is 1. The number of carbonyl (C=O) groups excluding carboxylic acids is 1. The molecule has 1 unspecified atom stereocenters. The van der Waals surface area contributed by atoms with E-state index in [-0.39, 0.29) is 35.8 Å². The van der Waals surface area contributed by atoms with Crippen molar-refractivity contribution in [2.45, 2.75) is 19.5 Å². The van der Waals surface area contributed by atoms with Gasteiger partial charge in [0.1, 0.15) is 5.76 Å². The molecule has 24 heavy (non-hydrogen) atoms. The molecule has 0 fully saturated rings. The molecule has 2 rings (SSSR count). The third kappa shape index (κ3) is 5.72. The molecular formula is C16H20ClIN4O2. The summed E-state index contributed by atoms with van der Waals surface area (Å²) in [5.74, 6) is 0.747. The van der Waals surface area contributed by atoms with Crippen LogP contribution in [-0.2, 0) is 6.54 Å². The molecular weight excluding hydrogens is 443 g/mol. The predicted octanol–water partition coefficient (Wildman–Crippen LogP) is 3.08. The molecule has 0 radical (unpaired) electrons. The van der Waals surface area contributed by atoms with Gasteiger partial charge in [0.2, 0.25) is 0 Å². The molecule has 0 aliphatic heterocycles. The topological polar surface area (TPSA) is 92.6 Å². The first kappa shape index (κ1) is 20.3. The second kappa shape index (κ2) is 9.53. The number of carbonyl (C=O) groups is 1. The number of primary amides is 1. The van der Waals surface area contributed by atoms with E-state index in [2.05, 4.69) is 15.6 Å². The Kier molecular flexibility index (Phi) is 8.06. The lowest BCUT2D eigenvalue weighted by Crippen LogP contribution is -2.38. The number of nitrogens with one attached hydrogen (secondary N) is 2. The van der Waals surface area contributed by atoms with E-state index in [9.17, 15) is 4.79 Å². The molecule has 1 aromatic carbocycles. The van der Waals surface area contributed by atoms with E-state index < -0.39 is 5.91 Å². The second-order valence-electron chi connectivity index (χ2n) is 4.98. The predicted molar refractivity (Wildman–Crippen MR) is 106 cm³/mol. The summed E-state index contributed by atoms with van der Waals surface area (Å²) in [6.45, 7) is 2.39. The fourth-order valence-electron chi connectivity index (χ4n) is 2.04. The van der Waals surface area contributed by atoms with Crippen molar-refractivity contribution in [1.82, 2.24) is 10.6 Å². The van der Waals surface area contributed by atoms with E-state index in [0.29, 0.717) is 23.3 Å². The van der Waals surface area contributed by atoms with Crippen LogP contribution in [0.15, 0.2) is 45.8 Å². The Morgan fingerprint density at radius 3 is 2.71 bits per heavy atom. The third-order valence-electron chi connectivity index (χ3n) is 3.26. The Hall–Kier alpha value is -1.74. The standard InChI is InChI=1S/C16H19ClN4O2.HI/c1-10(11-4-3-5-12(17)8-11)21-16(19-2)20-9-13-6-7-14(23-13)15(18)22;/h3-8,10H,9H2,1-2H3,(H2,18,22)(H2,19,20,21);1H. The Morgan fingerprint density at radius 2 is 2.12 bits per heavy atom. The molecule has 1 aromatic heterocycles. The summed E-state index contributed by atoms with van der Waals surface area (Å²) in [6, 6.07) is 10.9. The number of rotatable bonds is 5. The quantitative estimate of drug-likeness (QED) is 0.362. The number of hydrogen-bond acceptors (Lipinski definition) is 3. The van der Waals surface area contributed by atoms with Crippen LogP contribution in [0, 0.1) is 0 Å². The maximum atomic E-state index is 11.0. The highest BCUT2D eigenvalue weighted by Crippen LogP contribution is 2.17. The molecule has 8 heteroatoms. The summed E-state index contributed by atoms with van der Waals surface area (Å²) >= 11 is 6.00. The Labute approximate surface area is 162 Å². The molecule has 0 spiro atoms. The van der Waals surface area contributed by atoms with Gasteiger partial charge in [-0.15, -0.1) is 24.0 Å². The first-order valence-electron chi connectivity index (χ1n) is 7.10. The molecule has 1 atom stereocenters. The number of amides is 1. The fourth-order valence-corrected chi connectivity index (χ4v) is 2.23. The minimum atomic E-state index is -0.590. The lowest BCUT2D eigenvalue weighted by Gasteiger charge is -2.18. The monoisotopic (exact) mass is 462 g/mol. The number of benzene rings is 1. The van der Waals surface area contributed by atoms with Crippen LogP contribution in [0.2, 0.25) is 5.02 Å². The molecule has 0 aliphatic rings. The van der Waals surface area contributed by atoms with E-state index in [1.807, 2.05) is 31.2 Å². The number of halogens is 2. The summed E-state index contributed by atoms with van der Waals surface area (Å²) in [5, 5.41) is 7.06. The summed E-state index contributed by atoms with van der Waals surface area (Å²) in [4.78, 5) is 15.2. The number of furan rings is 1. The van der Waals surface area contributed by atoms with E-state index in [1.165, 1.54) is 0 Å². The van der Waals surface area contributed by atoms with Gasteiger partial charge in [-0.05, 0) is 36.8 Å². The highest BCUT2D eigenvalue weighted by molar-refractivity contribution is 14.0. The maximum Gasteiger partial charge on any atom is 0.284 e. The van der Waals surface area contributed by atoms with Crippen LogP contribution in [0.4, 0.5) is 0 Å². The van der Waals surface area contributed by atoms with Crippen molar-refractivity contribution >= 4 is 47.4 Å². The Morgan fingerprint density at radius 1 is 1.38 bits per heavy atom. The Bertz CT molecular complexity index is 718. The fraction of sp³-hybridized carbons (Fsp3) is 0.250. The van der Waals surface area contributed by atoms with Gasteiger partial charge >= 0.3 is 0 Å². The van der Waals surface area contributed by atoms with E-state index in [1.54, 1.807) is 19.2 Å².